The predicted octanol–water partition coefficient (Wildman–Crippen LogP) is 3.96. The monoisotopic (exact) mass is 486 g/mol. The molecule has 0 fully saturated rings. The lowest BCUT2D eigenvalue weighted by Gasteiger charge is -2.04. The fourth-order valence-electron chi connectivity index (χ4n) is 2.67. The maximum absolute atomic E-state index is 9.58. The second-order valence-corrected chi connectivity index (χ2v) is 7.33. The molecule has 8 heteroatoms. The van der Waals surface area contributed by atoms with Crippen molar-refractivity contribution in [3.8, 4) is 5.75 Å². The average Bonchev–Trinajstić information content (AvgIpc) is 2.84. The summed E-state index contributed by atoms with van der Waals surface area (Å²) in [6.45, 7) is 7.97. The van der Waals surface area contributed by atoms with Crippen molar-refractivity contribution < 1.29 is 39.4 Å². The zero-order valence-electron chi connectivity index (χ0n) is 20.8. The van der Waals surface area contributed by atoms with Crippen LogP contribution in [-0.4, -0.2) is 79.3 Å². The summed E-state index contributed by atoms with van der Waals surface area (Å²) in [7, 11) is 0. The van der Waals surface area contributed by atoms with Gasteiger partial charge in [0.05, 0.1) is 52.9 Å². The van der Waals surface area contributed by atoms with Gasteiger partial charge in [-0.05, 0) is 24.5 Å². The van der Waals surface area contributed by atoms with Gasteiger partial charge >= 0.3 is 5.97 Å². The summed E-state index contributed by atoms with van der Waals surface area (Å²) >= 11 is 0. The first-order valence-electron chi connectivity index (χ1n) is 12.1. The van der Waals surface area contributed by atoms with Gasteiger partial charge < -0.3 is 34.6 Å². The molecule has 0 saturated carbocycles. The van der Waals surface area contributed by atoms with Gasteiger partial charge in [-0.2, -0.15) is 0 Å². The van der Waals surface area contributed by atoms with Crippen LogP contribution in [0.25, 0.3) is 0 Å². The van der Waals surface area contributed by atoms with Crippen LogP contribution in [-0.2, 0) is 25.4 Å². The van der Waals surface area contributed by atoms with E-state index < -0.39 is 5.97 Å². The molecular formula is C26H46O8. The highest BCUT2D eigenvalue weighted by atomic mass is 16.5. The molecule has 1 aromatic carbocycles. The standard InChI is InChI=1S/C15H24O.C8H18O5.C3H4O2/c1-2-3-4-5-6-7-8-11-14-12-9-10-13-15(14)16;9-1-3-11-5-7-13-8-6-12-4-2-10;1-2-3(4)5/h9-10,12-13,16H,2-8,11H2,1H3;9-10H,1-8H2;2H,1H2,(H,4,5). The average molecular weight is 487 g/mol. The minimum Gasteiger partial charge on any atom is -0.508 e. The number of aryl methyl sites for hydroxylation is 1. The van der Waals surface area contributed by atoms with Crippen molar-refractivity contribution in [3.05, 3.63) is 42.5 Å². The minimum atomic E-state index is -0.981. The Morgan fingerprint density at radius 3 is 1.71 bits per heavy atom. The van der Waals surface area contributed by atoms with Crippen molar-refractivity contribution in [2.24, 2.45) is 0 Å². The van der Waals surface area contributed by atoms with Gasteiger partial charge in [-0.1, -0.05) is 70.2 Å². The molecule has 0 bridgehead atoms. The van der Waals surface area contributed by atoms with E-state index in [1.54, 1.807) is 6.07 Å². The van der Waals surface area contributed by atoms with Gasteiger partial charge in [-0.15, -0.1) is 0 Å². The third-order valence-electron chi connectivity index (χ3n) is 4.43. The van der Waals surface area contributed by atoms with E-state index in [0.29, 0.717) is 45.4 Å². The van der Waals surface area contributed by atoms with Gasteiger partial charge in [-0.25, -0.2) is 4.79 Å². The van der Waals surface area contributed by atoms with Crippen LogP contribution in [0.15, 0.2) is 36.9 Å². The van der Waals surface area contributed by atoms with E-state index in [9.17, 15) is 9.90 Å². The van der Waals surface area contributed by atoms with E-state index in [1.165, 1.54) is 44.9 Å². The number of aromatic hydroxyl groups is 1. The number of carbonyl (C=O) groups is 1. The number of hydrogen-bond acceptors (Lipinski definition) is 7. The summed E-state index contributed by atoms with van der Waals surface area (Å²) in [4.78, 5) is 9.25. The van der Waals surface area contributed by atoms with Gasteiger partial charge in [0.15, 0.2) is 0 Å². The zero-order chi connectivity index (χ0) is 25.7. The Kier molecular flexibility index (Phi) is 29.2. The third-order valence-corrected chi connectivity index (χ3v) is 4.43. The molecule has 0 spiro atoms. The topological polar surface area (TPSA) is 126 Å². The molecule has 0 aliphatic heterocycles. The fourth-order valence-corrected chi connectivity index (χ4v) is 2.67. The molecule has 0 heterocycles. The van der Waals surface area contributed by atoms with E-state index in [-0.39, 0.29) is 13.2 Å². The Bertz CT molecular complexity index is 555. The molecule has 0 saturated heterocycles. The molecule has 0 aliphatic rings. The number of carboxylic acid groups (broad SMARTS) is 1. The number of benzene rings is 1. The molecular weight excluding hydrogens is 440 g/mol. The molecule has 198 valence electrons. The number of aliphatic carboxylic acids is 1. The first-order chi connectivity index (χ1) is 16.5. The largest absolute Gasteiger partial charge is 0.508 e. The highest BCUT2D eigenvalue weighted by Crippen LogP contribution is 2.18. The number of rotatable bonds is 19. The number of phenolic OH excluding ortho intramolecular Hbond substituents is 1. The maximum Gasteiger partial charge on any atom is 0.327 e. The van der Waals surface area contributed by atoms with Crippen LogP contribution in [0.2, 0.25) is 0 Å². The molecule has 0 unspecified atom stereocenters. The summed E-state index contributed by atoms with van der Waals surface area (Å²) in [5.41, 5.74) is 1.09. The Labute approximate surface area is 205 Å². The lowest BCUT2D eigenvalue weighted by Crippen LogP contribution is -2.11. The van der Waals surface area contributed by atoms with Crippen LogP contribution < -0.4 is 0 Å². The number of carboxylic acids is 1. The maximum atomic E-state index is 9.58. The second kappa shape index (κ2) is 29.1. The number of aliphatic hydroxyl groups excluding tert-OH is 2. The van der Waals surface area contributed by atoms with Crippen LogP contribution >= 0.6 is 0 Å². The molecule has 4 N–H and O–H groups in total. The first-order valence-corrected chi connectivity index (χ1v) is 12.1. The number of hydrogen-bond donors (Lipinski definition) is 4. The second-order valence-electron chi connectivity index (χ2n) is 7.33. The Morgan fingerprint density at radius 1 is 0.824 bits per heavy atom. The predicted molar refractivity (Wildman–Crippen MR) is 134 cm³/mol. The summed E-state index contributed by atoms with van der Waals surface area (Å²) in [5.74, 6) is -0.529. The SMILES string of the molecule is C=CC(=O)O.CCCCCCCCCc1ccccc1O.OCCOCCOCCOCCO. The normalized spacial score (nSPS) is 9.97. The van der Waals surface area contributed by atoms with Crippen molar-refractivity contribution in [3.63, 3.8) is 0 Å². The van der Waals surface area contributed by atoms with Gasteiger partial charge in [0, 0.05) is 6.08 Å². The van der Waals surface area contributed by atoms with Gasteiger partial charge in [0.2, 0.25) is 0 Å². The molecule has 0 atom stereocenters. The third kappa shape index (κ3) is 28.1. The van der Waals surface area contributed by atoms with Crippen LogP contribution in [0.4, 0.5) is 0 Å². The Balaban J connectivity index is 0. The van der Waals surface area contributed by atoms with Gasteiger partial charge in [-0.3, -0.25) is 0 Å². The van der Waals surface area contributed by atoms with Crippen LogP contribution in [0.3, 0.4) is 0 Å². The van der Waals surface area contributed by atoms with E-state index in [1.807, 2.05) is 18.2 Å². The lowest BCUT2D eigenvalue weighted by atomic mass is 10.0. The van der Waals surface area contributed by atoms with E-state index in [2.05, 4.69) is 13.5 Å². The highest BCUT2D eigenvalue weighted by Gasteiger charge is 1.98. The van der Waals surface area contributed by atoms with E-state index in [4.69, 9.17) is 29.5 Å². The van der Waals surface area contributed by atoms with Crippen LogP contribution in [0, 0.1) is 0 Å². The Hall–Kier alpha value is -1.97. The van der Waals surface area contributed by atoms with Gasteiger partial charge in [0.1, 0.15) is 5.75 Å². The van der Waals surface area contributed by atoms with E-state index >= 15 is 0 Å². The fraction of sp³-hybridized carbons (Fsp3) is 0.654. The zero-order valence-corrected chi connectivity index (χ0v) is 20.8. The van der Waals surface area contributed by atoms with Crippen LogP contribution in [0.1, 0.15) is 57.4 Å². The van der Waals surface area contributed by atoms with Crippen molar-refractivity contribution in [2.45, 2.75) is 58.3 Å². The minimum absolute atomic E-state index is 0.0413. The summed E-state index contributed by atoms with van der Waals surface area (Å²) in [6.07, 6.45) is 11.1. The number of unbranched alkanes of at least 4 members (excludes halogenated alkanes) is 6. The highest BCUT2D eigenvalue weighted by molar-refractivity contribution is 5.78. The summed E-state index contributed by atoms with van der Waals surface area (Å²) < 4.78 is 15.0. The molecule has 0 amide bonds. The van der Waals surface area contributed by atoms with Crippen molar-refractivity contribution >= 4 is 5.97 Å². The van der Waals surface area contributed by atoms with Crippen LogP contribution in [0.5, 0.6) is 5.75 Å². The Morgan fingerprint density at radius 2 is 1.26 bits per heavy atom. The number of aliphatic hydroxyl groups is 2. The number of ether oxygens (including phenoxy) is 3. The summed E-state index contributed by atoms with van der Waals surface area (Å²) in [6, 6.07) is 7.67. The van der Waals surface area contributed by atoms with Crippen molar-refractivity contribution in [1.29, 1.82) is 0 Å². The smallest absolute Gasteiger partial charge is 0.327 e. The first kappa shape index (κ1) is 34.2. The van der Waals surface area contributed by atoms with Crippen molar-refractivity contribution in [2.75, 3.05) is 52.9 Å². The quantitative estimate of drug-likeness (QED) is 0.171. The lowest BCUT2D eigenvalue weighted by molar-refractivity contribution is -0.131. The molecule has 1 aromatic rings. The number of para-hydroxylation sites is 1. The molecule has 0 aromatic heterocycles. The van der Waals surface area contributed by atoms with Gasteiger partial charge in [0.25, 0.3) is 0 Å². The number of phenols is 1. The van der Waals surface area contributed by atoms with E-state index in [0.717, 1.165) is 18.1 Å². The molecule has 8 nitrogen and oxygen atoms in total. The van der Waals surface area contributed by atoms with Crippen molar-refractivity contribution in [1.82, 2.24) is 0 Å². The molecule has 0 radical (unpaired) electrons. The molecule has 1 rings (SSSR count). The molecule has 0 aliphatic carbocycles. The molecule has 34 heavy (non-hydrogen) atoms. The summed E-state index contributed by atoms with van der Waals surface area (Å²) in [5, 5.41) is 33.9.